The summed E-state index contributed by atoms with van der Waals surface area (Å²) < 4.78 is 16.4. The van der Waals surface area contributed by atoms with Crippen LogP contribution in [0.5, 0.6) is 5.75 Å². The van der Waals surface area contributed by atoms with E-state index in [9.17, 15) is 14.9 Å². The van der Waals surface area contributed by atoms with Crippen molar-refractivity contribution in [2.24, 2.45) is 0 Å². The first-order valence-corrected chi connectivity index (χ1v) is 11.6. The van der Waals surface area contributed by atoms with E-state index in [4.69, 9.17) is 13.9 Å². The number of furan rings is 1. The molecular weight excluding hydrogens is 412 g/mol. The second kappa shape index (κ2) is 12.9. The molecule has 0 saturated heterocycles. The fourth-order valence-electron chi connectivity index (χ4n) is 3.82. The zero-order chi connectivity index (χ0) is 23.5. The van der Waals surface area contributed by atoms with E-state index in [-0.39, 0.29) is 17.0 Å². The Hall–Kier alpha value is -2.77. The lowest BCUT2D eigenvalue weighted by Crippen LogP contribution is -2.34. The first kappa shape index (κ1) is 25.5. The Kier molecular flexibility index (Phi) is 10.3. The van der Waals surface area contributed by atoms with Gasteiger partial charge in [0.25, 0.3) is 0 Å². The minimum atomic E-state index is -0.815. The van der Waals surface area contributed by atoms with E-state index in [1.807, 2.05) is 0 Å². The molecule has 1 amide bonds. The number of hydrogen-bond donors (Lipinski definition) is 0. The van der Waals surface area contributed by atoms with E-state index >= 15 is 0 Å². The third-order valence-corrected chi connectivity index (χ3v) is 5.63. The predicted molar refractivity (Wildman–Crippen MR) is 124 cm³/mol. The lowest BCUT2D eigenvalue weighted by Gasteiger charge is -2.24. The van der Waals surface area contributed by atoms with Crippen LogP contribution in [-0.2, 0) is 4.74 Å². The summed E-state index contributed by atoms with van der Waals surface area (Å²) >= 11 is 0. The predicted octanol–water partition coefficient (Wildman–Crippen LogP) is 7.01. The molecule has 0 fully saturated rings. The van der Waals surface area contributed by atoms with E-state index in [0.29, 0.717) is 24.1 Å². The Morgan fingerprint density at radius 2 is 1.75 bits per heavy atom. The van der Waals surface area contributed by atoms with E-state index in [1.54, 1.807) is 24.0 Å². The number of benzene rings is 1. The van der Waals surface area contributed by atoms with Crippen LogP contribution in [0.25, 0.3) is 11.0 Å². The normalized spacial score (nSPS) is 12.0. The van der Waals surface area contributed by atoms with Gasteiger partial charge in [0.1, 0.15) is 6.10 Å². The van der Waals surface area contributed by atoms with Gasteiger partial charge in [0.15, 0.2) is 5.58 Å². The third kappa shape index (κ3) is 6.61. The van der Waals surface area contributed by atoms with Crippen LogP contribution in [0.2, 0.25) is 0 Å². The molecule has 0 aliphatic carbocycles. The van der Waals surface area contributed by atoms with E-state index in [1.165, 1.54) is 13.4 Å². The highest BCUT2D eigenvalue weighted by Gasteiger charge is 2.31. The van der Waals surface area contributed by atoms with E-state index in [2.05, 4.69) is 13.8 Å². The van der Waals surface area contributed by atoms with Gasteiger partial charge in [-0.2, -0.15) is 0 Å². The molecule has 0 aliphatic heterocycles. The van der Waals surface area contributed by atoms with Gasteiger partial charge in [-0.3, -0.25) is 10.1 Å². The van der Waals surface area contributed by atoms with Gasteiger partial charge >= 0.3 is 11.8 Å². The average Bonchev–Trinajstić information content (AvgIpc) is 3.24. The highest BCUT2D eigenvalue weighted by atomic mass is 16.6. The Balaban J connectivity index is 2.20. The number of amides is 1. The molecule has 0 N–H and O–H groups in total. The number of ether oxygens (including phenoxy) is 2. The molecule has 8 heteroatoms. The number of rotatable bonds is 14. The molecule has 32 heavy (non-hydrogen) atoms. The van der Waals surface area contributed by atoms with Crippen LogP contribution in [0.15, 0.2) is 22.8 Å². The molecule has 2 aromatic rings. The zero-order valence-electron chi connectivity index (χ0n) is 19.7. The fourth-order valence-corrected chi connectivity index (χ4v) is 3.82. The van der Waals surface area contributed by atoms with Crippen molar-refractivity contribution in [3.63, 3.8) is 0 Å². The monoisotopic (exact) mass is 448 g/mol. The summed E-state index contributed by atoms with van der Waals surface area (Å²) in [6.07, 6.45) is 8.66. The van der Waals surface area contributed by atoms with Gasteiger partial charge in [0.2, 0.25) is 5.75 Å². The number of fused-ring (bicyclic) bond motifs is 1. The number of nitro groups is 1. The van der Waals surface area contributed by atoms with Crippen molar-refractivity contribution in [2.75, 3.05) is 20.2 Å². The summed E-state index contributed by atoms with van der Waals surface area (Å²) in [6.45, 7) is 7.21. The molecule has 0 spiro atoms. The number of nitro benzene ring substituents is 1. The van der Waals surface area contributed by atoms with E-state index in [0.717, 1.165) is 51.4 Å². The van der Waals surface area contributed by atoms with Crippen LogP contribution in [0.3, 0.4) is 0 Å². The van der Waals surface area contributed by atoms with Crippen molar-refractivity contribution in [1.82, 2.24) is 4.90 Å². The lowest BCUT2D eigenvalue weighted by molar-refractivity contribution is -0.386. The van der Waals surface area contributed by atoms with Gasteiger partial charge in [-0.25, -0.2) is 4.79 Å². The van der Waals surface area contributed by atoms with Crippen molar-refractivity contribution in [3.8, 4) is 5.75 Å². The van der Waals surface area contributed by atoms with Crippen molar-refractivity contribution < 1.29 is 23.6 Å². The summed E-state index contributed by atoms with van der Waals surface area (Å²) in [5.74, 6) is 0.0337. The van der Waals surface area contributed by atoms with Crippen LogP contribution in [-0.4, -0.2) is 36.1 Å². The molecule has 1 atom stereocenters. The SMILES string of the molecule is CCCCCCN(CCCCCC)C(=O)OC(C)c1cc2ccoc2c(OC)c1[N+](=O)[O-]. The molecule has 1 unspecified atom stereocenters. The first-order chi connectivity index (χ1) is 15.4. The Labute approximate surface area is 190 Å². The number of nitrogens with zero attached hydrogens (tertiary/aromatic N) is 2. The molecule has 178 valence electrons. The smallest absolute Gasteiger partial charge is 0.410 e. The molecule has 0 saturated carbocycles. The molecule has 0 bridgehead atoms. The summed E-state index contributed by atoms with van der Waals surface area (Å²) in [6, 6.07) is 3.33. The maximum atomic E-state index is 13.0. The second-order valence-electron chi connectivity index (χ2n) is 8.08. The molecule has 0 radical (unpaired) electrons. The van der Waals surface area contributed by atoms with Crippen molar-refractivity contribution >= 4 is 22.7 Å². The van der Waals surface area contributed by atoms with Gasteiger partial charge in [-0.15, -0.1) is 0 Å². The number of hydrogen-bond acceptors (Lipinski definition) is 6. The van der Waals surface area contributed by atoms with Gasteiger partial charge in [0, 0.05) is 18.5 Å². The van der Waals surface area contributed by atoms with Gasteiger partial charge in [-0.05, 0) is 31.9 Å². The zero-order valence-corrected chi connectivity index (χ0v) is 19.7. The minimum Gasteiger partial charge on any atom is -0.488 e. The van der Waals surface area contributed by atoms with Gasteiger partial charge < -0.3 is 18.8 Å². The minimum absolute atomic E-state index is 0.0337. The van der Waals surface area contributed by atoms with Gasteiger partial charge in [0.05, 0.1) is 23.9 Å². The van der Waals surface area contributed by atoms with Crippen LogP contribution >= 0.6 is 0 Å². The molecule has 1 heterocycles. The standard InChI is InChI=1S/C24H36N2O6/c1-5-7-9-11-14-25(15-12-10-8-6-2)24(27)32-18(3)20-17-19-13-16-31-22(19)23(30-4)21(20)26(28)29/h13,16-18H,5-12,14-15H2,1-4H3. The van der Waals surface area contributed by atoms with Gasteiger partial charge in [-0.1, -0.05) is 52.4 Å². The van der Waals surface area contributed by atoms with Crippen LogP contribution < -0.4 is 4.74 Å². The molecule has 1 aromatic carbocycles. The number of carbonyl (C=O) groups is 1. The molecular formula is C24H36N2O6. The largest absolute Gasteiger partial charge is 0.488 e. The average molecular weight is 449 g/mol. The maximum absolute atomic E-state index is 13.0. The molecule has 2 rings (SSSR count). The highest BCUT2D eigenvalue weighted by Crippen LogP contribution is 2.42. The number of methoxy groups -OCH3 is 1. The number of carbonyl (C=O) groups excluding carboxylic acids is 1. The van der Waals surface area contributed by atoms with Crippen molar-refractivity contribution in [2.45, 2.75) is 78.2 Å². The van der Waals surface area contributed by atoms with Crippen molar-refractivity contribution in [1.29, 1.82) is 0 Å². The summed E-state index contributed by atoms with van der Waals surface area (Å²) in [7, 11) is 1.36. The van der Waals surface area contributed by atoms with Crippen molar-refractivity contribution in [3.05, 3.63) is 34.1 Å². The molecule has 8 nitrogen and oxygen atoms in total. The fraction of sp³-hybridized carbons (Fsp3) is 0.625. The van der Waals surface area contributed by atoms with E-state index < -0.39 is 17.1 Å². The number of unbranched alkanes of at least 4 members (excludes halogenated alkanes) is 6. The summed E-state index contributed by atoms with van der Waals surface area (Å²) in [4.78, 5) is 26.0. The summed E-state index contributed by atoms with van der Waals surface area (Å²) in [5, 5.41) is 12.5. The maximum Gasteiger partial charge on any atom is 0.410 e. The Morgan fingerprint density at radius 3 is 2.28 bits per heavy atom. The highest BCUT2D eigenvalue weighted by molar-refractivity contribution is 5.89. The lowest BCUT2D eigenvalue weighted by atomic mass is 10.0. The summed E-state index contributed by atoms with van der Waals surface area (Å²) in [5.41, 5.74) is 0.341. The van der Waals surface area contributed by atoms with Crippen LogP contribution in [0, 0.1) is 10.1 Å². The molecule has 1 aromatic heterocycles. The Bertz CT molecular complexity index is 867. The second-order valence-corrected chi connectivity index (χ2v) is 8.08. The van der Waals surface area contributed by atoms with Crippen LogP contribution in [0.1, 0.15) is 83.8 Å². The third-order valence-electron chi connectivity index (χ3n) is 5.63. The topological polar surface area (TPSA) is 95.1 Å². The molecule has 0 aliphatic rings. The first-order valence-electron chi connectivity index (χ1n) is 11.6. The van der Waals surface area contributed by atoms with Crippen LogP contribution in [0.4, 0.5) is 10.5 Å². The Morgan fingerprint density at radius 1 is 1.12 bits per heavy atom. The quantitative estimate of drug-likeness (QED) is 0.175.